The molecule has 1 saturated heterocycles. The minimum absolute atomic E-state index is 0.574. The molecule has 6 heteroatoms. The third-order valence-electron chi connectivity index (χ3n) is 4.02. The summed E-state index contributed by atoms with van der Waals surface area (Å²) in [5.41, 5.74) is 1.83. The molecule has 0 radical (unpaired) electrons. The van der Waals surface area contributed by atoms with Crippen molar-refractivity contribution in [2.45, 2.75) is 26.2 Å². The molecule has 0 bridgehead atoms. The van der Waals surface area contributed by atoms with Crippen molar-refractivity contribution in [1.29, 1.82) is 0 Å². The minimum Gasteiger partial charge on any atom is -0.319 e. The van der Waals surface area contributed by atoms with Crippen LogP contribution >= 0.6 is 0 Å². The summed E-state index contributed by atoms with van der Waals surface area (Å²) in [6.07, 6.45) is 2.78. The molecule has 1 aromatic rings. The molecule has 21 heavy (non-hydrogen) atoms. The fourth-order valence-electron chi connectivity index (χ4n) is 2.66. The summed E-state index contributed by atoms with van der Waals surface area (Å²) in [4.78, 5) is 0. The molecular formula is C15H25N3O2S. The van der Waals surface area contributed by atoms with Crippen LogP contribution in [0.2, 0.25) is 0 Å². The second-order valence-corrected chi connectivity index (χ2v) is 7.23. The van der Waals surface area contributed by atoms with Gasteiger partial charge in [0, 0.05) is 18.8 Å². The zero-order chi connectivity index (χ0) is 15.3. The van der Waals surface area contributed by atoms with E-state index in [4.69, 9.17) is 0 Å². The Labute approximate surface area is 127 Å². The van der Waals surface area contributed by atoms with E-state index in [0.717, 1.165) is 25.8 Å². The van der Waals surface area contributed by atoms with Crippen molar-refractivity contribution >= 4 is 15.9 Å². The average Bonchev–Trinajstić information content (AvgIpc) is 2.48. The first-order chi connectivity index (χ1) is 10.0. The number of piperidine rings is 1. The molecule has 1 aliphatic heterocycles. The summed E-state index contributed by atoms with van der Waals surface area (Å²) >= 11 is 0. The second-order valence-electron chi connectivity index (χ2n) is 5.56. The summed E-state index contributed by atoms with van der Waals surface area (Å²) in [5.74, 6) is 0.574. The smallest absolute Gasteiger partial charge is 0.301 e. The van der Waals surface area contributed by atoms with Gasteiger partial charge in [-0.2, -0.15) is 12.7 Å². The van der Waals surface area contributed by atoms with Gasteiger partial charge in [0.25, 0.3) is 0 Å². The molecule has 0 atom stereocenters. The van der Waals surface area contributed by atoms with Crippen molar-refractivity contribution in [1.82, 2.24) is 9.62 Å². The molecule has 1 fully saturated rings. The van der Waals surface area contributed by atoms with Crippen molar-refractivity contribution < 1.29 is 8.42 Å². The van der Waals surface area contributed by atoms with Crippen LogP contribution < -0.4 is 10.0 Å². The highest BCUT2D eigenvalue weighted by Crippen LogP contribution is 2.20. The molecule has 0 aliphatic carbocycles. The van der Waals surface area contributed by atoms with Gasteiger partial charge in [-0.25, -0.2) is 0 Å². The van der Waals surface area contributed by atoms with E-state index in [0.29, 0.717) is 24.7 Å². The summed E-state index contributed by atoms with van der Waals surface area (Å²) in [6.45, 7) is 4.22. The minimum atomic E-state index is -3.43. The lowest BCUT2D eigenvalue weighted by Crippen LogP contribution is -2.43. The van der Waals surface area contributed by atoms with E-state index < -0.39 is 10.2 Å². The van der Waals surface area contributed by atoms with Crippen LogP contribution in [0.25, 0.3) is 0 Å². The van der Waals surface area contributed by atoms with Crippen LogP contribution in [0, 0.1) is 5.92 Å². The van der Waals surface area contributed by atoms with Gasteiger partial charge in [0.15, 0.2) is 0 Å². The zero-order valence-electron chi connectivity index (χ0n) is 12.8. The number of rotatable bonds is 6. The van der Waals surface area contributed by atoms with Crippen LogP contribution in [0.3, 0.4) is 0 Å². The summed E-state index contributed by atoms with van der Waals surface area (Å²) < 4.78 is 29.0. The lowest BCUT2D eigenvalue weighted by atomic mass is 9.98. The zero-order valence-corrected chi connectivity index (χ0v) is 13.6. The Balaban J connectivity index is 1.95. The van der Waals surface area contributed by atoms with Crippen molar-refractivity contribution in [3.63, 3.8) is 0 Å². The Morgan fingerprint density at radius 2 is 1.81 bits per heavy atom. The molecule has 0 unspecified atom stereocenters. The van der Waals surface area contributed by atoms with Crippen LogP contribution in [0.1, 0.15) is 25.3 Å². The molecule has 0 amide bonds. The van der Waals surface area contributed by atoms with Gasteiger partial charge in [-0.15, -0.1) is 0 Å². The fraction of sp³-hybridized carbons (Fsp3) is 0.600. The first-order valence-electron chi connectivity index (χ1n) is 7.56. The molecule has 0 aromatic heterocycles. The van der Waals surface area contributed by atoms with Crippen LogP contribution in [0.4, 0.5) is 5.69 Å². The van der Waals surface area contributed by atoms with Gasteiger partial charge in [-0.05, 0) is 56.5 Å². The molecular weight excluding hydrogens is 286 g/mol. The summed E-state index contributed by atoms with van der Waals surface area (Å²) in [5, 5.41) is 3.16. The summed E-state index contributed by atoms with van der Waals surface area (Å²) in [6, 6.07) is 7.56. The maximum Gasteiger partial charge on any atom is 0.301 e. The lowest BCUT2D eigenvalue weighted by molar-refractivity contribution is 0.272. The van der Waals surface area contributed by atoms with Crippen LogP contribution in [0.15, 0.2) is 24.3 Å². The van der Waals surface area contributed by atoms with Gasteiger partial charge in [0.2, 0.25) is 0 Å². The van der Waals surface area contributed by atoms with E-state index in [9.17, 15) is 8.42 Å². The highest BCUT2D eigenvalue weighted by molar-refractivity contribution is 7.90. The Morgan fingerprint density at radius 3 is 2.33 bits per heavy atom. The molecule has 2 N–H and O–H groups in total. The lowest BCUT2D eigenvalue weighted by Gasteiger charge is -2.31. The Kier molecular flexibility index (Phi) is 5.61. The fourth-order valence-corrected chi connectivity index (χ4v) is 3.92. The molecule has 0 saturated carbocycles. The van der Waals surface area contributed by atoms with Crippen LogP contribution in [-0.2, 0) is 16.6 Å². The van der Waals surface area contributed by atoms with Crippen molar-refractivity contribution in [2.75, 3.05) is 31.4 Å². The van der Waals surface area contributed by atoms with E-state index in [1.807, 2.05) is 31.3 Å². The van der Waals surface area contributed by atoms with Gasteiger partial charge < -0.3 is 5.32 Å². The molecule has 1 heterocycles. The number of nitrogens with zero attached hydrogens (tertiary/aromatic N) is 1. The Morgan fingerprint density at radius 1 is 1.19 bits per heavy atom. The standard InChI is InChI=1S/C15H25N3O2S/c1-3-13-4-6-15(7-5-13)17-21(19,20)18-10-8-14(9-11-18)12-16-2/h4-7,14,16-17H,3,8-12H2,1-2H3. The van der Waals surface area contributed by atoms with E-state index in [2.05, 4.69) is 17.0 Å². The average molecular weight is 311 g/mol. The second kappa shape index (κ2) is 7.24. The van der Waals surface area contributed by atoms with Crippen LogP contribution in [-0.4, -0.2) is 39.4 Å². The normalized spacial score (nSPS) is 17.8. The van der Waals surface area contributed by atoms with E-state index in [-0.39, 0.29) is 0 Å². The number of benzene rings is 1. The molecule has 1 aliphatic rings. The highest BCUT2D eigenvalue weighted by Gasteiger charge is 2.27. The van der Waals surface area contributed by atoms with E-state index in [1.54, 1.807) is 4.31 Å². The highest BCUT2D eigenvalue weighted by atomic mass is 32.2. The number of hydrogen-bond acceptors (Lipinski definition) is 3. The van der Waals surface area contributed by atoms with Gasteiger partial charge in [-0.3, -0.25) is 4.72 Å². The van der Waals surface area contributed by atoms with Crippen LogP contribution in [0.5, 0.6) is 0 Å². The van der Waals surface area contributed by atoms with Gasteiger partial charge in [0.05, 0.1) is 0 Å². The van der Waals surface area contributed by atoms with Gasteiger partial charge in [-0.1, -0.05) is 19.1 Å². The molecule has 1 aromatic carbocycles. The largest absolute Gasteiger partial charge is 0.319 e. The molecule has 2 rings (SSSR count). The number of aryl methyl sites for hydroxylation is 1. The third kappa shape index (κ3) is 4.43. The SMILES string of the molecule is CCc1ccc(NS(=O)(=O)N2CCC(CNC)CC2)cc1. The molecule has 5 nitrogen and oxygen atoms in total. The third-order valence-corrected chi connectivity index (χ3v) is 5.55. The van der Waals surface area contributed by atoms with Gasteiger partial charge >= 0.3 is 10.2 Å². The first kappa shape index (κ1) is 16.3. The quantitative estimate of drug-likeness (QED) is 0.842. The van der Waals surface area contributed by atoms with E-state index in [1.165, 1.54) is 5.56 Å². The molecule has 118 valence electrons. The summed E-state index contributed by atoms with van der Waals surface area (Å²) in [7, 11) is -1.50. The number of anilines is 1. The Bertz CT molecular complexity index is 535. The van der Waals surface area contributed by atoms with Crippen molar-refractivity contribution in [2.24, 2.45) is 5.92 Å². The maximum absolute atomic E-state index is 12.4. The van der Waals surface area contributed by atoms with Gasteiger partial charge in [0.1, 0.15) is 0 Å². The molecule has 0 spiro atoms. The number of nitrogens with one attached hydrogen (secondary N) is 2. The topological polar surface area (TPSA) is 61.4 Å². The first-order valence-corrected chi connectivity index (χ1v) is 9.00. The predicted molar refractivity (Wildman–Crippen MR) is 86.6 cm³/mol. The van der Waals surface area contributed by atoms with Crippen molar-refractivity contribution in [3.8, 4) is 0 Å². The predicted octanol–water partition coefficient (Wildman–Crippen LogP) is 1.84. The Hall–Kier alpha value is -1.11. The maximum atomic E-state index is 12.4. The van der Waals surface area contributed by atoms with E-state index >= 15 is 0 Å². The number of hydrogen-bond donors (Lipinski definition) is 2. The monoisotopic (exact) mass is 311 g/mol. The van der Waals surface area contributed by atoms with Crippen molar-refractivity contribution in [3.05, 3.63) is 29.8 Å².